The molecule has 0 aromatic heterocycles. The van der Waals surface area contributed by atoms with E-state index >= 15 is 0 Å². The van der Waals surface area contributed by atoms with Gasteiger partial charge in [0.2, 0.25) is 15.9 Å². The Bertz CT molecular complexity index is 1020. The predicted octanol–water partition coefficient (Wildman–Crippen LogP) is 6.30. The van der Waals surface area contributed by atoms with Crippen molar-refractivity contribution in [3.8, 4) is 0 Å². The lowest BCUT2D eigenvalue weighted by atomic mass is 9.95. The van der Waals surface area contributed by atoms with Crippen LogP contribution in [-0.4, -0.2) is 31.2 Å². The number of carbonyl (C=O) groups excluding carboxylic acids is 1. The van der Waals surface area contributed by atoms with Crippen LogP contribution in [0.2, 0.25) is 0 Å². The second kappa shape index (κ2) is 11.3. The summed E-state index contributed by atoms with van der Waals surface area (Å²) in [5, 5.41) is 3.04. The Kier molecular flexibility index (Phi) is 8.95. The van der Waals surface area contributed by atoms with Crippen LogP contribution in [0.15, 0.2) is 50.2 Å². The van der Waals surface area contributed by atoms with Gasteiger partial charge in [-0.2, -0.15) is 4.31 Å². The maximum atomic E-state index is 13.5. The standard InChI is InChI=1S/C24H30Br2N2O3S/c1-3-17-14-20(26)15-18(4-2)24(17)27-23(29)16-28(21-8-6-5-7-9-21)32(30,31)22-12-10-19(25)11-13-22/h10-15,21H,3-9,16H2,1-2H3,(H,27,29). The monoisotopic (exact) mass is 584 g/mol. The highest BCUT2D eigenvalue weighted by Gasteiger charge is 2.34. The summed E-state index contributed by atoms with van der Waals surface area (Å²) in [5.41, 5.74) is 2.86. The second-order valence-electron chi connectivity index (χ2n) is 8.15. The molecule has 3 rings (SSSR count). The van der Waals surface area contributed by atoms with Gasteiger partial charge in [-0.25, -0.2) is 8.42 Å². The van der Waals surface area contributed by atoms with E-state index in [9.17, 15) is 13.2 Å². The molecule has 32 heavy (non-hydrogen) atoms. The minimum absolute atomic E-state index is 0.163. The molecule has 5 nitrogen and oxygen atoms in total. The zero-order valence-electron chi connectivity index (χ0n) is 18.5. The number of amides is 1. The van der Waals surface area contributed by atoms with E-state index < -0.39 is 10.0 Å². The van der Waals surface area contributed by atoms with Gasteiger partial charge in [0.25, 0.3) is 0 Å². The third-order valence-electron chi connectivity index (χ3n) is 5.99. The Morgan fingerprint density at radius 1 is 0.969 bits per heavy atom. The van der Waals surface area contributed by atoms with Crippen LogP contribution in [0.4, 0.5) is 5.69 Å². The molecular weight excluding hydrogens is 556 g/mol. The molecule has 1 fully saturated rings. The van der Waals surface area contributed by atoms with Gasteiger partial charge in [-0.1, -0.05) is 65.0 Å². The van der Waals surface area contributed by atoms with Gasteiger partial charge in [-0.05, 0) is 73.2 Å². The molecule has 8 heteroatoms. The summed E-state index contributed by atoms with van der Waals surface area (Å²) in [6.07, 6.45) is 6.16. The molecule has 0 heterocycles. The SMILES string of the molecule is CCc1cc(Br)cc(CC)c1NC(=O)CN(C1CCCCC1)S(=O)(=O)c1ccc(Br)cc1. The molecule has 1 aliphatic rings. The van der Waals surface area contributed by atoms with Crippen molar-refractivity contribution in [1.82, 2.24) is 4.31 Å². The fourth-order valence-corrected chi connectivity index (χ4v) is 6.74. The number of sulfonamides is 1. The topological polar surface area (TPSA) is 66.5 Å². The van der Waals surface area contributed by atoms with Gasteiger partial charge >= 0.3 is 0 Å². The van der Waals surface area contributed by atoms with E-state index in [1.807, 2.05) is 26.0 Å². The summed E-state index contributed by atoms with van der Waals surface area (Å²) < 4.78 is 30.3. The number of hydrogen-bond donors (Lipinski definition) is 1. The minimum atomic E-state index is -3.80. The van der Waals surface area contributed by atoms with E-state index in [2.05, 4.69) is 37.2 Å². The molecule has 0 spiro atoms. The summed E-state index contributed by atoms with van der Waals surface area (Å²) in [7, 11) is -3.80. The Morgan fingerprint density at radius 3 is 2.06 bits per heavy atom. The molecular formula is C24H30Br2N2O3S. The Hall–Kier alpha value is -1.22. The van der Waals surface area contributed by atoms with Gasteiger partial charge in [0.05, 0.1) is 11.4 Å². The maximum Gasteiger partial charge on any atom is 0.243 e. The highest BCUT2D eigenvalue weighted by Crippen LogP contribution is 2.30. The number of halogens is 2. The van der Waals surface area contributed by atoms with Gasteiger partial charge in [-0.3, -0.25) is 4.79 Å². The van der Waals surface area contributed by atoms with Crippen LogP contribution >= 0.6 is 31.9 Å². The van der Waals surface area contributed by atoms with E-state index in [1.165, 1.54) is 4.31 Å². The van der Waals surface area contributed by atoms with Crippen molar-refractivity contribution in [2.75, 3.05) is 11.9 Å². The molecule has 0 bridgehead atoms. The summed E-state index contributed by atoms with van der Waals surface area (Å²) in [6.45, 7) is 3.90. The van der Waals surface area contributed by atoms with Crippen molar-refractivity contribution in [2.45, 2.75) is 69.7 Å². The third kappa shape index (κ3) is 6.01. The highest BCUT2D eigenvalue weighted by molar-refractivity contribution is 9.10. The zero-order valence-corrected chi connectivity index (χ0v) is 22.5. The molecule has 2 aromatic carbocycles. The van der Waals surface area contributed by atoms with Gasteiger partial charge in [-0.15, -0.1) is 0 Å². The molecule has 1 amide bonds. The number of benzene rings is 2. The first-order valence-electron chi connectivity index (χ1n) is 11.1. The summed E-state index contributed by atoms with van der Waals surface area (Å²) in [5.74, 6) is -0.303. The van der Waals surface area contributed by atoms with Crippen LogP contribution in [0.3, 0.4) is 0 Å². The van der Waals surface area contributed by atoms with E-state index in [-0.39, 0.29) is 23.4 Å². The lowest BCUT2D eigenvalue weighted by Gasteiger charge is -2.33. The molecule has 1 aliphatic carbocycles. The van der Waals surface area contributed by atoms with Gasteiger partial charge in [0.1, 0.15) is 0 Å². The fourth-order valence-electron chi connectivity index (χ4n) is 4.29. The highest BCUT2D eigenvalue weighted by atomic mass is 79.9. The van der Waals surface area contributed by atoms with Crippen LogP contribution in [0.1, 0.15) is 57.1 Å². The maximum absolute atomic E-state index is 13.5. The minimum Gasteiger partial charge on any atom is -0.324 e. The van der Waals surface area contributed by atoms with Gasteiger partial charge < -0.3 is 5.32 Å². The number of hydrogen-bond acceptors (Lipinski definition) is 3. The van der Waals surface area contributed by atoms with Crippen molar-refractivity contribution in [3.05, 3.63) is 56.5 Å². The number of anilines is 1. The van der Waals surface area contributed by atoms with Gasteiger partial charge in [0.15, 0.2) is 0 Å². The number of rotatable bonds is 8. The second-order valence-corrected chi connectivity index (χ2v) is 11.9. The number of nitrogens with zero attached hydrogens (tertiary/aromatic N) is 1. The van der Waals surface area contributed by atoms with Crippen LogP contribution in [0, 0.1) is 0 Å². The number of nitrogens with one attached hydrogen (secondary N) is 1. The molecule has 174 valence electrons. The lowest BCUT2D eigenvalue weighted by molar-refractivity contribution is -0.116. The van der Waals surface area contributed by atoms with Crippen LogP contribution in [0.25, 0.3) is 0 Å². The summed E-state index contributed by atoms with van der Waals surface area (Å²) >= 11 is 6.90. The summed E-state index contributed by atoms with van der Waals surface area (Å²) in [4.78, 5) is 13.4. The number of carbonyl (C=O) groups is 1. The van der Waals surface area contributed by atoms with Gasteiger partial charge in [0, 0.05) is 20.7 Å². The molecule has 1 saturated carbocycles. The van der Waals surface area contributed by atoms with Crippen molar-refractivity contribution in [1.29, 1.82) is 0 Å². The van der Waals surface area contributed by atoms with E-state index in [0.717, 1.165) is 70.7 Å². The molecule has 0 atom stereocenters. The van der Waals surface area contributed by atoms with E-state index in [4.69, 9.17) is 0 Å². The van der Waals surface area contributed by atoms with Crippen molar-refractivity contribution < 1.29 is 13.2 Å². The zero-order chi connectivity index (χ0) is 23.3. The van der Waals surface area contributed by atoms with Crippen LogP contribution in [0.5, 0.6) is 0 Å². The molecule has 0 unspecified atom stereocenters. The van der Waals surface area contributed by atoms with Crippen molar-refractivity contribution in [2.24, 2.45) is 0 Å². The van der Waals surface area contributed by atoms with E-state index in [1.54, 1.807) is 24.3 Å². The third-order valence-corrected chi connectivity index (χ3v) is 8.89. The Morgan fingerprint density at radius 2 is 1.53 bits per heavy atom. The normalized spacial score (nSPS) is 15.2. The first-order valence-corrected chi connectivity index (χ1v) is 14.2. The van der Waals surface area contributed by atoms with E-state index in [0.29, 0.717) is 0 Å². The predicted molar refractivity (Wildman–Crippen MR) is 136 cm³/mol. The van der Waals surface area contributed by atoms with Crippen LogP contribution < -0.4 is 5.32 Å². The molecule has 2 aromatic rings. The summed E-state index contributed by atoms with van der Waals surface area (Å²) in [6, 6.07) is 10.5. The Balaban J connectivity index is 1.90. The number of aryl methyl sites for hydroxylation is 2. The first-order chi connectivity index (χ1) is 15.3. The van der Waals surface area contributed by atoms with Crippen LogP contribution in [-0.2, 0) is 27.7 Å². The Labute approximate surface area is 208 Å². The first kappa shape index (κ1) is 25.4. The molecule has 1 N–H and O–H groups in total. The fraction of sp³-hybridized carbons (Fsp3) is 0.458. The smallest absolute Gasteiger partial charge is 0.243 e. The van der Waals surface area contributed by atoms with Crippen molar-refractivity contribution in [3.63, 3.8) is 0 Å². The average Bonchev–Trinajstić information content (AvgIpc) is 2.79. The van der Waals surface area contributed by atoms with Crippen molar-refractivity contribution >= 4 is 53.5 Å². The molecule has 0 aliphatic heterocycles. The molecule has 0 saturated heterocycles. The lowest BCUT2D eigenvalue weighted by Crippen LogP contribution is -2.45. The quantitative estimate of drug-likeness (QED) is 0.395. The largest absolute Gasteiger partial charge is 0.324 e. The molecule has 0 radical (unpaired) electrons. The average molecular weight is 586 g/mol.